The number of rotatable bonds is 10. The second-order valence-electron chi connectivity index (χ2n) is 8.31. The third-order valence-electron chi connectivity index (χ3n) is 6.00. The quantitative estimate of drug-likeness (QED) is 0.352. The molecule has 0 spiro atoms. The van der Waals surface area contributed by atoms with E-state index in [-0.39, 0.29) is 5.91 Å². The van der Waals surface area contributed by atoms with E-state index in [9.17, 15) is 4.79 Å². The minimum atomic E-state index is 0.212. The number of carbonyl (C=O) groups is 1. The van der Waals surface area contributed by atoms with Crippen molar-refractivity contribution in [2.24, 2.45) is 0 Å². The van der Waals surface area contributed by atoms with E-state index in [1.165, 1.54) is 0 Å². The van der Waals surface area contributed by atoms with Crippen LogP contribution in [0.2, 0.25) is 0 Å². The highest BCUT2D eigenvalue weighted by atomic mass is 16.5. The molecule has 1 aliphatic heterocycles. The second kappa shape index (κ2) is 10.4. The molecule has 4 aromatic rings. The van der Waals surface area contributed by atoms with Gasteiger partial charge < -0.3 is 24.3 Å². The van der Waals surface area contributed by atoms with Gasteiger partial charge in [-0.2, -0.15) is 0 Å². The molecule has 2 aromatic carbocycles. The lowest BCUT2D eigenvalue weighted by molar-refractivity contribution is -0.127. The number of likely N-dealkylation sites (tertiary alicyclic amines) is 1. The zero-order valence-electron chi connectivity index (χ0n) is 19.7. The smallest absolute Gasteiger partial charge is 0.222 e. The summed E-state index contributed by atoms with van der Waals surface area (Å²) in [6.07, 6.45) is 3.32. The summed E-state index contributed by atoms with van der Waals surface area (Å²) in [5.41, 5.74) is 2.29. The number of para-hydroxylation sites is 1. The largest absolute Gasteiger partial charge is 0.497 e. The zero-order chi connectivity index (χ0) is 24.0. The van der Waals surface area contributed by atoms with E-state index in [0.29, 0.717) is 49.8 Å². The van der Waals surface area contributed by atoms with E-state index >= 15 is 0 Å². The Labute approximate surface area is 203 Å². The second-order valence-corrected chi connectivity index (χ2v) is 8.31. The number of nitrogens with one attached hydrogen (secondary N) is 1. The van der Waals surface area contributed by atoms with Crippen molar-refractivity contribution in [3.63, 3.8) is 0 Å². The first-order chi connectivity index (χ1) is 17.2. The van der Waals surface area contributed by atoms with Crippen LogP contribution in [0.1, 0.15) is 12.8 Å². The molecule has 3 heterocycles. The molecular weight excluding hydrogens is 444 g/mol. The number of fused-ring (bicyclic) bond motifs is 1. The van der Waals surface area contributed by atoms with E-state index in [2.05, 4.69) is 10.3 Å². The van der Waals surface area contributed by atoms with Gasteiger partial charge in [-0.15, -0.1) is 0 Å². The molecule has 9 nitrogen and oxygen atoms in total. The first kappa shape index (κ1) is 22.6. The van der Waals surface area contributed by atoms with Crippen molar-refractivity contribution in [3.8, 4) is 22.9 Å². The molecule has 0 unspecified atom stereocenters. The molecule has 0 atom stereocenters. The van der Waals surface area contributed by atoms with Gasteiger partial charge in [0, 0.05) is 31.6 Å². The average molecular weight is 473 g/mol. The highest BCUT2D eigenvalue weighted by Crippen LogP contribution is 2.26. The van der Waals surface area contributed by atoms with E-state index in [1.807, 2.05) is 64.1 Å². The molecule has 1 N–H and O–H groups in total. The van der Waals surface area contributed by atoms with Crippen molar-refractivity contribution < 1.29 is 14.3 Å². The topological polar surface area (TPSA) is 94.4 Å². The first-order valence-corrected chi connectivity index (χ1v) is 11.8. The van der Waals surface area contributed by atoms with Crippen molar-refractivity contribution in [2.45, 2.75) is 19.4 Å². The lowest BCUT2D eigenvalue weighted by Gasteiger charge is -2.16. The fourth-order valence-corrected chi connectivity index (χ4v) is 4.12. The zero-order valence-corrected chi connectivity index (χ0v) is 19.7. The fraction of sp³-hybridized carbons (Fsp3) is 0.308. The van der Waals surface area contributed by atoms with Gasteiger partial charge in [0.05, 0.1) is 20.0 Å². The van der Waals surface area contributed by atoms with E-state index in [4.69, 9.17) is 19.4 Å². The summed E-state index contributed by atoms with van der Waals surface area (Å²) in [7, 11) is 1.64. The number of aromatic nitrogens is 4. The Morgan fingerprint density at radius 3 is 2.57 bits per heavy atom. The summed E-state index contributed by atoms with van der Waals surface area (Å²) in [6.45, 7) is 3.10. The molecule has 2 aromatic heterocycles. The third-order valence-corrected chi connectivity index (χ3v) is 6.00. The van der Waals surface area contributed by atoms with Gasteiger partial charge in [-0.1, -0.05) is 18.2 Å². The van der Waals surface area contributed by atoms with Gasteiger partial charge in [-0.3, -0.25) is 4.79 Å². The Balaban J connectivity index is 1.39. The molecule has 35 heavy (non-hydrogen) atoms. The highest BCUT2D eigenvalue weighted by molar-refractivity contribution is 5.85. The summed E-state index contributed by atoms with van der Waals surface area (Å²) in [4.78, 5) is 28.1. The SMILES string of the molecule is COc1ccc(-c2nc(NCCOc3ccccc3)c3ncn(CCN4CCCC4=O)c3n2)cc1. The molecule has 0 aliphatic carbocycles. The van der Waals surface area contributed by atoms with Crippen LogP contribution in [-0.2, 0) is 11.3 Å². The minimum absolute atomic E-state index is 0.212. The number of methoxy groups -OCH3 is 1. The molecular formula is C26H28N6O3. The lowest BCUT2D eigenvalue weighted by Crippen LogP contribution is -2.28. The Kier molecular flexibility index (Phi) is 6.74. The van der Waals surface area contributed by atoms with Crippen LogP contribution in [0.4, 0.5) is 5.82 Å². The fourth-order valence-electron chi connectivity index (χ4n) is 4.12. The summed E-state index contributed by atoms with van der Waals surface area (Å²) in [5.74, 6) is 3.04. The number of hydrogen-bond donors (Lipinski definition) is 1. The Bertz CT molecular complexity index is 1290. The van der Waals surface area contributed by atoms with Crippen LogP contribution in [0.3, 0.4) is 0 Å². The number of ether oxygens (including phenoxy) is 2. The number of benzene rings is 2. The molecule has 1 saturated heterocycles. The Morgan fingerprint density at radius 2 is 1.83 bits per heavy atom. The molecule has 180 valence electrons. The number of imidazole rings is 1. The highest BCUT2D eigenvalue weighted by Gasteiger charge is 2.20. The normalized spacial score (nSPS) is 13.4. The van der Waals surface area contributed by atoms with Crippen molar-refractivity contribution >= 4 is 22.9 Å². The van der Waals surface area contributed by atoms with Crippen LogP contribution in [-0.4, -0.2) is 63.7 Å². The summed E-state index contributed by atoms with van der Waals surface area (Å²) < 4.78 is 13.1. The van der Waals surface area contributed by atoms with Gasteiger partial charge in [0.15, 0.2) is 17.3 Å². The number of hydrogen-bond acceptors (Lipinski definition) is 7. The monoisotopic (exact) mass is 472 g/mol. The third kappa shape index (κ3) is 5.18. The number of nitrogens with zero attached hydrogens (tertiary/aromatic N) is 5. The number of anilines is 1. The molecule has 1 aliphatic rings. The van der Waals surface area contributed by atoms with E-state index < -0.39 is 0 Å². The van der Waals surface area contributed by atoms with Gasteiger partial charge in [-0.25, -0.2) is 15.0 Å². The summed E-state index contributed by atoms with van der Waals surface area (Å²) >= 11 is 0. The van der Waals surface area contributed by atoms with Crippen molar-refractivity contribution in [3.05, 3.63) is 60.9 Å². The molecule has 0 saturated carbocycles. The lowest BCUT2D eigenvalue weighted by atomic mass is 10.2. The van der Waals surface area contributed by atoms with Crippen LogP contribution in [0.5, 0.6) is 11.5 Å². The maximum absolute atomic E-state index is 12.0. The maximum Gasteiger partial charge on any atom is 0.222 e. The van der Waals surface area contributed by atoms with Gasteiger partial charge in [-0.05, 0) is 42.8 Å². The van der Waals surface area contributed by atoms with E-state index in [1.54, 1.807) is 13.4 Å². The minimum Gasteiger partial charge on any atom is -0.497 e. The molecule has 9 heteroatoms. The summed E-state index contributed by atoms with van der Waals surface area (Å²) in [5, 5.41) is 3.37. The van der Waals surface area contributed by atoms with Crippen LogP contribution in [0, 0.1) is 0 Å². The van der Waals surface area contributed by atoms with Gasteiger partial charge in [0.1, 0.15) is 23.6 Å². The predicted octanol–water partition coefficient (Wildman–Crippen LogP) is 3.62. The number of amides is 1. The Hall–Kier alpha value is -4.14. The first-order valence-electron chi connectivity index (χ1n) is 11.8. The van der Waals surface area contributed by atoms with Crippen molar-refractivity contribution in [2.75, 3.05) is 38.7 Å². The van der Waals surface area contributed by atoms with Crippen molar-refractivity contribution in [1.82, 2.24) is 24.4 Å². The summed E-state index contributed by atoms with van der Waals surface area (Å²) in [6, 6.07) is 17.4. The molecule has 5 rings (SSSR count). The number of carbonyl (C=O) groups excluding carboxylic acids is 1. The van der Waals surface area contributed by atoms with Crippen molar-refractivity contribution in [1.29, 1.82) is 0 Å². The van der Waals surface area contributed by atoms with Crippen LogP contribution < -0.4 is 14.8 Å². The standard InChI is InChI=1S/C26H28N6O3/c1-34-20-11-9-19(10-12-20)24-29-25(27-13-17-35-21-6-3-2-4-7-21)23-26(30-24)32(18-28-23)16-15-31-14-5-8-22(31)33/h2-4,6-7,9-12,18H,5,8,13-17H2,1H3,(H,27,29,30). The van der Waals surface area contributed by atoms with Gasteiger partial charge in [0.2, 0.25) is 5.91 Å². The molecule has 1 fully saturated rings. The average Bonchev–Trinajstić information content (AvgIpc) is 3.51. The maximum atomic E-state index is 12.0. The van der Waals surface area contributed by atoms with E-state index in [0.717, 1.165) is 35.7 Å². The van der Waals surface area contributed by atoms with Crippen LogP contribution in [0.15, 0.2) is 60.9 Å². The molecule has 1 amide bonds. The van der Waals surface area contributed by atoms with Crippen LogP contribution >= 0.6 is 0 Å². The van der Waals surface area contributed by atoms with Gasteiger partial charge in [0.25, 0.3) is 0 Å². The predicted molar refractivity (Wildman–Crippen MR) is 134 cm³/mol. The van der Waals surface area contributed by atoms with Crippen LogP contribution in [0.25, 0.3) is 22.6 Å². The van der Waals surface area contributed by atoms with Gasteiger partial charge >= 0.3 is 0 Å². The molecule has 0 radical (unpaired) electrons. The Morgan fingerprint density at radius 1 is 1.00 bits per heavy atom. The molecule has 0 bridgehead atoms.